The topological polar surface area (TPSA) is 65.0 Å². The molecule has 0 spiro atoms. The lowest BCUT2D eigenvalue weighted by atomic mass is 9.73. The Morgan fingerprint density at radius 1 is 1.18 bits per heavy atom. The summed E-state index contributed by atoms with van der Waals surface area (Å²) in [6.07, 6.45) is 3.86. The van der Waals surface area contributed by atoms with Crippen LogP contribution in [0.2, 0.25) is 5.02 Å². The summed E-state index contributed by atoms with van der Waals surface area (Å²) in [6.45, 7) is 0.404. The minimum atomic E-state index is -0.907. The summed E-state index contributed by atoms with van der Waals surface area (Å²) in [5.74, 6) is -1.08. The number of carboxylic acid groups (broad SMARTS) is 1. The largest absolute Gasteiger partial charge is 0.489 e. The third-order valence-electron chi connectivity index (χ3n) is 7.55. The van der Waals surface area contributed by atoms with Crippen LogP contribution < -0.4 is 15.0 Å². The fraction of sp³-hybridized carbons (Fsp3) is 0.500. The van der Waals surface area contributed by atoms with E-state index in [9.17, 15) is 14.3 Å². The van der Waals surface area contributed by atoms with Crippen LogP contribution in [0.15, 0.2) is 42.5 Å². The minimum absolute atomic E-state index is 0.0191. The van der Waals surface area contributed by atoms with Gasteiger partial charge in [-0.2, -0.15) is 0 Å². The third-order valence-corrected chi connectivity index (χ3v) is 7.93. The molecule has 0 radical (unpaired) electrons. The number of aliphatic carboxylic acids is 1. The van der Waals surface area contributed by atoms with Crippen LogP contribution >= 0.6 is 11.6 Å². The molecule has 1 heterocycles. The molecule has 2 atom stereocenters. The molecular formula is C26H33ClFN3O3. The van der Waals surface area contributed by atoms with Crippen LogP contribution in [0.4, 0.5) is 10.1 Å². The Morgan fingerprint density at radius 3 is 2.44 bits per heavy atom. The van der Waals surface area contributed by atoms with Gasteiger partial charge >= 0.3 is 5.97 Å². The van der Waals surface area contributed by atoms with Crippen LogP contribution in [0.5, 0.6) is 5.75 Å². The third kappa shape index (κ3) is 4.88. The Hall–Kier alpha value is -2.35. The first-order valence-electron chi connectivity index (χ1n) is 11.8. The number of ether oxygens (including phenoxy) is 1. The fourth-order valence-corrected chi connectivity index (χ4v) is 5.70. The van der Waals surface area contributed by atoms with Crippen LogP contribution in [0.25, 0.3) is 0 Å². The molecule has 0 unspecified atom stereocenters. The van der Waals surface area contributed by atoms with Crippen LogP contribution in [0, 0.1) is 5.82 Å². The second-order valence-electron chi connectivity index (χ2n) is 9.65. The number of nitrogens with one attached hydrogen (secondary N) is 1. The van der Waals surface area contributed by atoms with Crippen molar-refractivity contribution in [2.75, 3.05) is 32.6 Å². The van der Waals surface area contributed by atoms with Crippen LogP contribution in [0.3, 0.4) is 0 Å². The van der Waals surface area contributed by atoms with Crippen molar-refractivity contribution in [3.8, 4) is 5.75 Å². The predicted octanol–water partition coefficient (Wildman–Crippen LogP) is 4.51. The molecule has 2 aromatic carbocycles. The van der Waals surface area contributed by atoms with E-state index in [4.69, 9.17) is 16.3 Å². The van der Waals surface area contributed by atoms with Crippen molar-refractivity contribution in [1.29, 1.82) is 0 Å². The van der Waals surface area contributed by atoms with Gasteiger partial charge in [-0.3, -0.25) is 9.69 Å². The van der Waals surface area contributed by atoms with E-state index < -0.39 is 17.8 Å². The number of halogens is 2. The molecule has 2 N–H and O–H groups in total. The lowest BCUT2D eigenvalue weighted by Gasteiger charge is -2.47. The molecule has 1 aliphatic heterocycles. The zero-order chi connectivity index (χ0) is 24.5. The number of carboxylic acids is 1. The van der Waals surface area contributed by atoms with E-state index in [1.807, 2.05) is 13.1 Å². The number of rotatable bonds is 7. The second-order valence-corrected chi connectivity index (χ2v) is 10.0. The van der Waals surface area contributed by atoms with E-state index in [0.717, 1.165) is 25.7 Å². The lowest BCUT2D eigenvalue weighted by Crippen LogP contribution is -2.48. The summed E-state index contributed by atoms with van der Waals surface area (Å²) in [7, 11) is 6.23. The molecule has 2 fully saturated rings. The first-order chi connectivity index (χ1) is 16.2. The van der Waals surface area contributed by atoms with Crippen molar-refractivity contribution in [1.82, 2.24) is 10.2 Å². The Bertz CT molecular complexity index is 1010. The first kappa shape index (κ1) is 24.8. The maximum atomic E-state index is 14.7. The highest BCUT2D eigenvalue weighted by atomic mass is 35.5. The number of hydrogen-bond acceptors (Lipinski definition) is 5. The van der Waals surface area contributed by atoms with E-state index >= 15 is 0 Å². The molecule has 2 aliphatic rings. The summed E-state index contributed by atoms with van der Waals surface area (Å²) in [4.78, 5) is 15.6. The highest BCUT2D eigenvalue weighted by Gasteiger charge is 2.40. The highest BCUT2D eigenvalue weighted by molar-refractivity contribution is 6.33. The van der Waals surface area contributed by atoms with E-state index in [1.54, 1.807) is 6.07 Å². The molecule has 0 amide bonds. The van der Waals surface area contributed by atoms with E-state index in [0.29, 0.717) is 24.4 Å². The summed E-state index contributed by atoms with van der Waals surface area (Å²) < 4.78 is 20.7. The van der Waals surface area contributed by atoms with Crippen LogP contribution in [-0.2, 0) is 10.3 Å². The van der Waals surface area contributed by atoms with Crippen molar-refractivity contribution in [2.24, 2.45) is 0 Å². The number of nitrogens with zero attached hydrogens (tertiary/aromatic N) is 2. The van der Waals surface area contributed by atoms with E-state index in [-0.39, 0.29) is 22.7 Å². The minimum Gasteiger partial charge on any atom is -0.489 e. The summed E-state index contributed by atoms with van der Waals surface area (Å²) in [6, 6.07) is 13.2. The lowest BCUT2D eigenvalue weighted by molar-refractivity contribution is -0.139. The number of hydrogen-bond donors (Lipinski definition) is 2. The molecule has 34 heavy (non-hydrogen) atoms. The molecule has 8 heteroatoms. The summed E-state index contributed by atoms with van der Waals surface area (Å²) >= 11 is 6.39. The van der Waals surface area contributed by atoms with Crippen molar-refractivity contribution in [3.05, 3.63) is 58.9 Å². The highest BCUT2D eigenvalue weighted by Crippen LogP contribution is 2.44. The zero-order valence-electron chi connectivity index (χ0n) is 19.9. The molecule has 0 bridgehead atoms. The molecule has 1 saturated heterocycles. The molecular weight excluding hydrogens is 457 g/mol. The Morgan fingerprint density at radius 2 is 1.85 bits per heavy atom. The normalized spacial score (nSPS) is 27.1. The van der Waals surface area contributed by atoms with Gasteiger partial charge in [0.05, 0.1) is 10.7 Å². The van der Waals surface area contributed by atoms with Gasteiger partial charge in [-0.25, -0.2) is 4.39 Å². The molecule has 4 rings (SSSR count). The van der Waals surface area contributed by atoms with Crippen LogP contribution in [0.1, 0.15) is 37.7 Å². The Balaban J connectivity index is 1.49. The number of benzene rings is 2. The van der Waals surface area contributed by atoms with Crippen LogP contribution in [-0.4, -0.2) is 61.9 Å². The maximum Gasteiger partial charge on any atom is 0.320 e. The monoisotopic (exact) mass is 489 g/mol. The molecule has 2 aromatic rings. The number of anilines is 1. The van der Waals surface area contributed by atoms with Gasteiger partial charge in [0.1, 0.15) is 23.7 Å². The first-order valence-corrected chi connectivity index (χ1v) is 12.2. The van der Waals surface area contributed by atoms with Gasteiger partial charge in [0.15, 0.2) is 0 Å². The quantitative estimate of drug-likeness (QED) is 0.596. The summed E-state index contributed by atoms with van der Waals surface area (Å²) in [5.41, 5.74) is 1.90. The number of carbonyl (C=O) groups is 1. The van der Waals surface area contributed by atoms with Gasteiger partial charge in [-0.1, -0.05) is 41.9 Å². The van der Waals surface area contributed by atoms with Crippen molar-refractivity contribution in [3.63, 3.8) is 0 Å². The Labute approximate surface area is 205 Å². The van der Waals surface area contributed by atoms with E-state index in [2.05, 4.69) is 53.5 Å². The summed E-state index contributed by atoms with van der Waals surface area (Å²) in [5, 5.41) is 12.2. The average molecular weight is 490 g/mol. The molecule has 6 nitrogen and oxygen atoms in total. The standard InChI is InChI=1S/C26H33ClFN3O3/c1-30(2)26(17-7-5-4-6-8-17)11-9-18(10-12-26)31(3)23-15-19(13-21(28)24(23)27)34-20-14-22(25(32)33)29-16-20/h4-8,13,15,18,20,22,29H,9-12,14,16H2,1-3H3,(H,32,33)/t18?,20-,22-,26?/m0/s1. The van der Waals surface area contributed by atoms with Crippen molar-refractivity contribution >= 4 is 23.3 Å². The fourth-order valence-electron chi connectivity index (χ4n) is 5.46. The van der Waals surface area contributed by atoms with Gasteiger partial charge < -0.3 is 20.1 Å². The molecule has 1 saturated carbocycles. The Kier molecular flexibility index (Phi) is 7.36. The zero-order valence-corrected chi connectivity index (χ0v) is 20.7. The van der Waals surface area contributed by atoms with Gasteiger partial charge in [-0.05, 0) is 45.3 Å². The van der Waals surface area contributed by atoms with Gasteiger partial charge in [0.25, 0.3) is 0 Å². The predicted molar refractivity (Wildman–Crippen MR) is 132 cm³/mol. The van der Waals surface area contributed by atoms with E-state index in [1.165, 1.54) is 11.6 Å². The van der Waals surface area contributed by atoms with Crippen molar-refractivity contribution in [2.45, 2.75) is 55.8 Å². The SMILES string of the molecule is CN(c1cc(O[C@@H]2CN[C@H](C(=O)O)C2)cc(F)c1Cl)C1CCC(c2ccccc2)(N(C)C)CC1. The average Bonchev–Trinajstić information content (AvgIpc) is 3.30. The van der Waals surface area contributed by atoms with Crippen molar-refractivity contribution < 1.29 is 19.0 Å². The molecule has 0 aromatic heterocycles. The second kappa shape index (κ2) is 10.1. The van der Waals surface area contributed by atoms with Gasteiger partial charge in [0.2, 0.25) is 0 Å². The molecule has 1 aliphatic carbocycles. The smallest absolute Gasteiger partial charge is 0.320 e. The van der Waals surface area contributed by atoms with Gasteiger partial charge in [0, 0.05) is 43.7 Å². The maximum absolute atomic E-state index is 14.7. The molecule has 184 valence electrons. The van der Waals surface area contributed by atoms with Gasteiger partial charge in [-0.15, -0.1) is 0 Å².